The molecule has 0 heterocycles. The van der Waals surface area contributed by atoms with E-state index < -0.39 is 0 Å². The van der Waals surface area contributed by atoms with Crippen LogP contribution < -0.4 is 5.32 Å². The summed E-state index contributed by atoms with van der Waals surface area (Å²) in [5.41, 5.74) is 11.4. The van der Waals surface area contributed by atoms with Crippen molar-refractivity contribution in [1.29, 1.82) is 0 Å². The van der Waals surface area contributed by atoms with Crippen molar-refractivity contribution in [2.45, 2.75) is 46.5 Å². The third kappa shape index (κ3) is 3.85. The summed E-state index contributed by atoms with van der Waals surface area (Å²) in [6.07, 6.45) is 5.34. The zero-order valence-electron chi connectivity index (χ0n) is 19.4. The first kappa shape index (κ1) is 21.2. The van der Waals surface area contributed by atoms with Gasteiger partial charge in [0.15, 0.2) is 0 Å². The minimum Gasteiger partial charge on any atom is -0.355 e. The number of nitrogens with one attached hydrogen (secondary N) is 1. The van der Waals surface area contributed by atoms with E-state index in [1.165, 1.54) is 39.0 Å². The molecule has 0 saturated heterocycles. The second-order valence-corrected chi connectivity index (χ2v) is 9.34. The van der Waals surface area contributed by atoms with Gasteiger partial charge in [-0.25, -0.2) is 0 Å². The minimum atomic E-state index is -0.00149. The van der Waals surface area contributed by atoms with Crippen LogP contribution in [0.1, 0.15) is 56.4 Å². The van der Waals surface area contributed by atoms with E-state index in [-0.39, 0.29) is 5.41 Å². The molecule has 0 spiro atoms. The lowest BCUT2D eigenvalue weighted by atomic mass is 9.82. The second kappa shape index (κ2) is 8.23. The number of fused-ring (bicyclic) bond motifs is 3. The largest absolute Gasteiger partial charge is 0.355 e. The Bertz CT molecular complexity index is 1160. The van der Waals surface area contributed by atoms with Crippen LogP contribution in [-0.2, 0) is 5.41 Å². The van der Waals surface area contributed by atoms with Crippen LogP contribution in [0.4, 0.5) is 11.4 Å². The molecule has 158 valence electrons. The number of hydrogen-bond donors (Lipinski definition) is 1. The van der Waals surface area contributed by atoms with Crippen LogP contribution >= 0.6 is 0 Å². The Labute approximate surface area is 187 Å². The summed E-state index contributed by atoms with van der Waals surface area (Å²) >= 11 is 0. The van der Waals surface area contributed by atoms with Crippen LogP contribution in [0.2, 0.25) is 0 Å². The lowest BCUT2D eigenvalue weighted by Crippen LogP contribution is -2.15. The predicted molar refractivity (Wildman–Crippen MR) is 136 cm³/mol. The highest BCUT2D eigenvalue weighted by Gasteiger charge is 2.35. The van der Waals surface area contributed by atoms with E-state index in [0.717, 1.165) is 17.8 Å². The van der Waals surface area contributed by atoms with Crippen molar-refractivity contribution in [1.82, 2.24) is 0 Å². The van der Waals surface area contributed by atoms with E-state index in [4.69, 9.17) is 0 Å². The van der Waals surface area contributed by atoms with Crippen LogP contribution in [0.3, 0.4) is 0 Å². The third-order valence-corrected chi connectivity index (χ3v) is 6.70. The van der Waals surface area contributed by atoms with Crippen molar-refractivity contribution in [2.24, 2.45) is 5.92 Å². The zero-order chi connectivity index (χ0) is 22.2. The number of anilines is 2. The highest BCUT2D eigenvalue weighted by molar-refractivity contribution is 5.84. The molecule has 1 atom stereocenters. The SMILES string of the molecule is C=C(c1ccccc1Nc1ccc2c(c1)C(C)(C)c1cc(C)ccc1-2)C(C)C/C=C\C. The van der Waals surface area contributed by atoms with Gasteiger partial charge in [-0.15, -0.1) is 0 Å². The maximum absolute atomic E-state index is 4.42. The Balaban J connectivity index is 1.67. The fraction of sp³-hybridized carbons (Fsp3) is 0.267. The molecule has 3 aromatic carbocycles. The first-order chi connectivity index (χ1) is 14.8. The van der Waals surface area contributed by atoms with Crippen molar-refractivity contribution in [3.8, 4) is 11.1 Å². The Morgan fingerprint density at radius 1 is 1.00 bits per heavy atom. The Hall–Kier alpha value is -3.06. The summed E-state index contributed by atoms with van der Waals surface area (Å²) in [5, 5.41) is 3.69. The molecule has 0 bridgehead atoms. The molecular weight excluding hydrogens is 374 g/mol. The van der Waals surface area contributed by atoms with Crippen molar-refractivity contribution in [3.63, 3.8) is 0 Å². The van der Waals surface area contributed by atoms with E-state index in [0.29, 0.717) is 5.92 Å². The molecule has 1 unspecified atom stereocenters. The van der Waals surface area contributed by atoms with Crippen LogP contribution in [-0.4, -0.2) is 0 Å². The summed E-state index contributed by atoms with van der Waals surface area (Å²) < 4.78 is 0. The maximum atomic E-state index is 4.42. The van der Waals surface area contributed by atoms with Gasteiger partial charge in [-0.05, 0) is 72.2 Å². The molecule has 31 heavy (non-hydrogen) atoms. The average Bonchev–Trinajstić information content (AvgIpc) is 2.98. The smallest absolute Gasteiger partial charge is 0.0460 e. The summed E-state index contributed by atoms with van der Waals surface area (Å²) in [6, 6.07) is 22.1. The molecule has 0 aliphatic heterocycles. The van der Waals surface area contributed by atoms with Gasteiger partial charge in [-0.2, -0.15) is 0 Å². The number of para-hydroxylation sites is 1. The first-order valence-electron chi connectivity index (χ1n) is 11.3. The number of rotatable bonds is 6. The van der Waals surface area contributed by atoms with Gasteiger partial charge in [-0.1, -0.05) is 87.5 Å². The van der Waals surface area contributed by atoms with E-state index in [1.54, 1.807) is 0 Å². The van der Waals surface area contributed by atoms with Crippen LogP contribution in [0.25, 0.3) is 16.7 Å². The molecule has 1 nitrogen and oxygen atoms in total. The lowest BCUT2D eigenvalue weighted by molar-refractivity contribution is 0.660. The van der Waals surface area contributed by atoms with Crippen molar-refractivity contribution in [3.05, 3.63) is 102 Å². The predicted octanol–water partition coefficient (Wildman–Crippen LogP) is 8.66. The molecule has 0 fully saturated rings. The Morgan fingerprint density at radius 2 is 1.68 bits per heavy atom. The van der Waals surface area contributed by atoms with Crippen LogP contribution in [0.15, 0.2) is 79.4 Å². The molecule has 0 amide bonds. The Kier molecular flexibility index (Phi) is 5.62. The standard InChI is InChI=1S/C30H33N/c1-7-8-11-21(3)22(4)24-12-9-10-13-29(24)31-23-15-17-26-25-16-14-20(2)18-27(25)30(5,6)28(26)19-23/h7-10,12-19,21,31H,4,11H2,1-3,5-6H3/b8-7-. The molecule has 0 saturated carbocycles. The molecule has 3 aromatic rings. The first-order valence-corrected chi connectivity index (χ1v) is 11.3. The van der Waals surface area contributed by atoms with Gasteiger partial charge >= 0.3 is 0 Å². The summed E-state index contributed by atoms with van der Waals surface area (Å²) in [4.78, 5) is 0. The van der Waals surface area contributed by atoms with E-state index >= 15 is 0 Å². The molecule has 1 aliphatic carbocycles. The second-order valence-electron chi connectivity index (χ2n) is 9.34. The van der Waals surface area contributed by atoms with Gasteiger partial charge in [0.2, 0.25) is 0 Å². The molecule has 1 heteroatoms. The fourth-order valence-electron chi connectivity index (χ4n) is 4.70. The fourth-order valence-corrected chi connectivity index (χ4v) is 4.70. The van der Waals surface area contributed by atoms with Gasteiger partial charge < -0.3 is 5.32 Å². The van der Waals surface area contributed by atoms with Gasteiger partial charge in [0.25, 0.3) is 0 Å². The highest BCUT2D eigenvalue weighted by atomic mass is 14.9. The minimum absolute atomic E-state index is 0.00149. The number of benzene rings is 3. The summed E-state index contributed by atoms with van der Waals surface area (Å²) in [6.45, 7) is 15.6. The monoisotopic (exact) mass is 407 g/mol. The molecule has 1 N–H and O–H groups in total. The van der Waals surface area contributed by atoms with E-state index in [1.807, 2.05) is 0 Å². The van der Waals surface area contributed by atoms with E-state index in [9.17, 15) is 0 Å². The maximum Gasteiger partial charge on any atom is 0.0460 e. The van der Waals surface area contributed by atoms with Crippen LogP contribution in [0, 0.1) is 12.8 Å². The molecule has 4 rings (SSSR count). The van der Waals surface area contributed by atoms with Gasteiger partial charge in [0, 0.05) is 22.4 Å². The zero-order valence-corrected chi connectivity index (χ0v) is 19.4. The number of aryl methyl sites for hydroxylation is 1. The normalized spacial score (nSPS) is 14.9. The molecule has 0 aromatic heterocycles. The number of allylic oxidation sites excluding steroid dienone is 3. The molecular formula is C30H33N. The van der Waals surface area contributed by atoms with E-state index in [2.05, 4.69) is 119 Å². The summed E-state index contributed by atoms with van der Waals surface area (Å²) in [7, 11) is 0. The van der Waals surface area contributed by atoms with Crippen molar-refractivity contribution >= 4 is 16.9 Å². The topological polar surface area (TPSA) is 12.0 Å². The number of hydrogen-bond acceptors (Lipinski definition) is 1. The molecule has 0 radical (unpaired) electrons. The van der Waals surface area contributed by atoms with Crippen molar-refractivity contribution < 1.29 is 0 Å². The quantitative estimate of drug-likeness (QED) is 0.403. The van der Waals surface area contributed by atoms with Gasteiger partial charge in [0.05, 0.1) is 0 Å². The highest BCUT2D eigenvalue weighted by Crippen LogP contribution is 2.49. The Morgan fingerprint density at radius 3 is 2.42 bits per heavy atom. The van der Waals surface area contributed by atoms with Crippen molar-refractivity contribution in [2.75, 3.05) is 5.32 Å². The van der Waals surface area contributed by atoms with Gasteiger partial charge in [-0.3, -0.25) is 0 Å². The lowest BCUT2D eigenvalue weighted by Gasteiger charge is -2.23. The van der Waals surface area contributed by atoms with Gasteiger partial charge in [0.1, 0.15) is 0 Å². The summed E-state index contributed by atoms with van der Waals surface area (Å²) in [5.74, 6) is 0.399. The molecule has 1 aliphatic rings. The average molecular weight is 408 g/mol. The third-order valence-electron chi connectivity index (χ3n) is 6.70. The van der Waals surface area contributed by atoms with Crippen LogP contribution in [0.5, 0.6) is 0 Å².